The van der Waals surface area contributed by atoms with Crippen molar-refractivity contribution in [2.24, 2.45) is 0 Å². The normalized spacial score (nSPS) is 12.0. The van der Waals surface area contributed by atoms with Gasteiger partial charge in [-0.2, -0.15) is 5.26 Å². The molecule has 2 heteroatoms. The first-order valence-electron chi connectivity index (χ1n) is 18.3. The Bertz CT molecular complexity index is 3690. The van der Waals surface area contributed by atoms with Gasteiger partial charge in [0.1, 0.15) is 0 Å². The third-order valence-corrected chi connectivity index (χ3v) is 11.9. The van der Waals surface area contributed by atoms with E-state index in [2.05, 4.69) is 132 Å². The van der Waals surface area contributed by atoms with E-state index >= 15 is 0 Å². The van der Waals surface area contributed by atoms with Gasteiger partial charge in [0.25, 0.3) is 0 Å². The minimum atomic E-state index is 0.615. The second-order valence-electron chi connectivity index (χ2n) is 14.5. The van der Waals surface area contributed by atoms with E-state index in [1.54, 1.807) is 0 Å². The molecule has 2 nitrogen and oxygen atoms in total. The van der Waals surface area contributed by atoms with Crippen molar-refractivity contribution < 1.29 is 0 Å². The van der Waals surface area contributed by atoms with E-state index in [0.717, 1.165) is 33.0 Å². The van der Waals surface area contributed by atoms with E-state index in [1.807, 2.05) is 36.4 Å². The quantitative estimate of drug-likeness (QED) is 0.132. The Balaban J connectivity index is 1.41. The summed E-state index contributed by atoms with van der Waals surface area (Å²) in [7, 11) is 0. The Labute approximate surface area is 309 Å². The molecule has 0 N–H and O–H groups in total. The van der Waals surface area contributed by atoms with Crippen LogP contribution in [0, 0.1) is 17.9 Å². The molecule has 0 heterocycles. The van der Waals surface area contributed by atoms with Crippen LogP contribution in [0.2, 0.25) is 0 Å². The van der Waals surface area contributed by atoms with E-state index in [4.69, 9.17) is 6.57 Å². The fourth-order valence-electron chi connectivity index (χ4n) is 9.76. The SMILES string of the molecule is [C-]#[N+]c1cccc(-c2c3cc4c(cc3c(-c3cccc(C#N)c3)c3c5cc6ccccc6c6cccc(c23)c65)c2cccc3c5ccccc5cc4c32)c1. The minimum absolute atomic E-state index is 0.615. The molecule has 0 fully saturated rings. The van der Waals surface area contributed by atoms with Crippen LogP contribution in [0.4, 0.5) is 5.69 Å². The summed E-state index contributed by atoms with van der Waals surface area (Å²) < 4.78 is 0. The van der Waals surface area contributed by atoms with Gasteiger partial charge in [0, 0.05) is 0 Å². The summed E-state index contributed by atoms with van der Waals surface area (Å²) in [6.07, 6.45) is 0. The number of nitrogens with zero attached hydrogens (tertiary/aromatic N) is 2. The van der Waals surface area contributed by atoms with Crippen LogP contribution in [0.3, 0.4) is 0 Å². The van der Waals surface area contributed by atoms with Gasteiger partial charge >= 0.3 is 0 Å². The third-order valence-electron chi connectivity index (χ3n) is 11.9. The Kier molecular flexibility index (Phi) is 5.67. The van der Waals surface area contributed by atoms with Crippen LogP contribution in [-0.4, -0.2) is 0 Å². The zero-order chi connectivity index (χ0) is 35.7. The molecule has 12 aromatic rings. The highest BCUT2D eigenvalue weighted by Crippen LogP contribution is 2.54. The maximum Gasteiger partial charge on any atom is 0.187 e. The molecule has 0 saturated carbocycles. The highest BCUT2D eigenvalue weighted by molar-refractivity contribution is 6.44. The van der Waals surface area contributed by atoms with Crippen molar-refractivity contribution >= 4 is 103 Å². The number of hydrogen-bond acceptors (Lipinski definition) is 1. The summed E-state index contributed by atoms with van der Waals surface area (Å²) in [4.78, 5) is 3.89. The fourth-order valence-corrected chi connectivity index (χ4v) is 9.76. The lowest BCUT2D eigenvalue weighted by Gasteiger charge is -2.18. The number of fused-ring (bicyclic) bond motifs is 11. The predicted molar refractivity (Wildman–Crippen MR) is 228 cm³/mol. The number of benzene rings is 10. The zero-order valence-electron chi connectivity index (χ0n) is 28.9. The van der Waals surface area contributed by atoms with E-state index in [9.17, 15) is 5.26 Å². The molecule has 0 aliphatic heterocycles. The fraction of sp³-hybridized carbons (Fsp3) is 0. The summed E-state index contributed by atoms with van der Waals surface area (Å²) in [5.41, 5.74) is 5.55. The highest BCUT2D eigenvalue weighted by atomic mass is 14.6. The standard InChI is InChI=1S/C52H26N2/c1-54-34-15-7-14-33(23-34)48-45-27-42-41(39-20-8-18-37-35-16-4-2-11-30(35)24-43(42)49(37)39)26-44(45)47(32-13-6-10-29(22-32)28-53)52-46-25-31-12-3-5-17-36(31)38-19-9-21-40(50(38)46)51(48)52/h2-27H. The van der Waals surface area contributed by atoms with E-state index in [-0.39, 0.29) is 0 Å². The van der Waals surface area contributed by atoms with Crippen molar-refractivity contribution in [3.05, 3.63) is 175 Å². The van der Waals surface area contributed by atoms with Gasteiger partial charge in [0.15, 0.2) is 5.69 Å². The Morgan fingerprint density at radius 3 is 1.54 bits per heavy atom. The molecule has 0 saturated heterocycles. The van der Waals surface area contributed by atoms with Crippen LogP contribution in [0.5, 0.6) is 0 Å². The summed E-state index contributed by atoms with van der Waals surface area (Å²) >= 11 is 0. The minimum Gasteiger partial charge on any atom is -0.238 e. The second kappa shape index (κ2) is 10.5. The molecule has 0 aromatic heterocycles. The van der Waals surface area contributed by atoms with Crippen molar-refractivity contribution in [1.82, 2.24) is 0 Å². The second-order valence-corrected chi connectivity index (χ2v) is 14.5. The molecular formula is C52H26N2. The first-order chi connectivity index (χ1) is 26.7. The highest BCUT2D eigenvalue weighted by Gasteiger charge is 2.26. The van der Waals surface area contributed by atoms with Crippen LogP contribution in [0.1, 0.15) is 5.56 Å². The van der Waals surface area contributed by atoms with Gasteiger partial charge in [0.05, 0.1) is 18.2 Å². The molecular weight excluding hydrogens is 653 g/mol. The summed E-state index contributed by atoms with van der Waals surface area (Å²) in [6.45, 7) is 7.99. The molecule has 0 aliphatic rings. The Hall–Kier alpha value is -7.52. The predicted octanol–water partition coefficient (Wildman–Crippen LogP) is 14.7. The smallest absolute Gasteiger partial charge is 0.187 e. The molecule has 0 spiro atoms. The molecule has 0 aliphatic carbocycles. The van der Waals surface area contributed by atoms with Crippen LogP contribution in [-0.2, 0) is 0 Å². The molecule has 0 amide bonds. The molecule has 0 atom stereocenters. The molecule has 12 rings (SSSR count). The summed E-state index contributed by atoms with van der Waals surface area (Å²) in [6, 6.07) is 59.0. The number of hydrogen-bond donors (Lipinski definition) is 0. The third kappa shape index (κ3) is 3.71. The molecule has 12 aromatic carbocycles. The molecule has 0 unspecified atom stereocenters. The molecule has 0 radical (unpaired) electrons. The van der Waals surface area contributed by atoms with E-state index < -0.39 is 0 Å². The van der Waals surface area contributed by atoms with Crippen LogP contribution in [0.15, 0.2) is 158 Å². The van der Waals surface area contributed by atoms with Crippen molar-refractivity contribution in [3.63, 3.8) is 0 Å². The summed E-state index contributed by atoms with van der Waals surface area (Å²) in [5.74, 6) is 0. The van der Waals surface area contributed by atoms with Crippen molar-refractivity contribution in [3.8, 4) is 28.3 Å². The zero-order valence-corrected chi connectivity index (χ0v) is 28.9. The lowest BCUT2D eigenvalue weighted by molar-refractivity contribution is 1.49. The van der Waals surface area contributed by atoms with Gasteiger partial charge in [-0.3, -0.25) is 0 Å². The number of nitriles is 1. The monoisotopic (exact) mass is 678 g/mol. The van der Waals surface area contributed by atoms with Gasteiger partial charge in [0.2, 0.25) is 0 Å². The number of rotatable bonds is 2. The van der Waals surface area contributed by atoms with Crippen molar-refractivity contribution in [1.29, 1.82) is 5.26 Å². The first kappa shape index (κ1) is 29.1. The van der Waals surface area contributed by atoms with Crippen LogP contribution in [0.25, 0.3) is 124 Å². The maximum atomic E-state index is 10.2. The molecule has 244 valence electrons. The van der Waals surface area contributed by atoms with Gasteiger partial charge in [-0.1, -0.05) is 115 Å². The van der Waals surface area contributed by atoms with Crippen molar-refractivity contribution in [2.75, 3.05) is 0 Å². The van der Waals surface area contributed by atoms with Gasteiger partial charge in [-0.05, 0) is 162 Å². The van der Waals surface area contributed by atoms with Crippen molar-refractivity contribution in [2.45, 2.75) is 0 Å². The average Bonchev–Trinajstić information content (AvgIpc) is 3.72. The van der Waals surface area contributed by atoms with Gasteiger partial charge in [-0.25, -0.2) is 4.85 Å². The Morgan fingerprint density at radius 2 is 0.870 bits per heavy atom. The van der Waals surface area contributed by atoms with Crippen LogP contribution >= 0.6 is 0 Å². The topological polar surface area (TPSA) is 28.1 Å². The Morgan fingerprint density at radius 1 is 0.370 bits per heavy atom. The molecule has 0 bridgehead atoms. The average molecular weight is 679 g/mol. The van der Waals surface area contributed by atoms with Gasteiger partial charge in [-0.15, -0.1) is 0 Å². The lowest BCUT2D eigenvalue weighted by Crippen LogP contribution is -1.90. The largest absolute Gasteiger partial charge is 0.238 e. The van der Waals surface area contributed by atoms with Crippen LogP contribution < -0.4 is 0 Å². The van der Waals surface area contributed by atoms with Gasteiger partial charge < -0.3 is 0 Å². The molecule has 54 heavy (non-hydrogen) atoms. The summed E-state index contributed by atoms with van der Waals surface area (Å²) in [5, 5.41) is 32.1. The lowest BCUT2D eigenvalue weighted by atomic mass is 9.85. The van der Waals surface area contributed by atoms with E-state index in [0.29, 0.717) is 11.3 Å². The first-order valence-corrected chi connectivity index (χ1v) is 18.3. The maximum absolute atomic E-state index is 10.2. The van der Waals surface area contributed by atoms with E-state index in [1.165, 1.54) is 86.2 Å².